The Kier molecular flexibility index (Phi) is 2.96. The van der Waals surface area contributed by atoms with E-state index in [1.54, 1.807) is 4.90 Å². The van der Waals surface area contributed by atoms with E-state index in [9.17, 15) is 9.59 Å². The van der Waals surface area contributed by atoms with Gasteiger partial charge < -0.3 is 5.73 Å². The van der Waals surface area contributed by atoms with Crippen molar-refractivity contribution in [3.63, 3.8) is 0 Å². The van der Waals surface area contributed by atoms with E-state index >= 15 is 0 Å². The summed E-state index contributed by atoms with van der Waals surface area (Å²) in [6, 6.07) is -0.707. The highest BCUT2D eigenvalue weighted by molar-refractivity contribution is 8.17. The van der Waals surface area contributed by atoms with E-state index in [4.69, 9.17) is 5.73 Å². The van der Waals surface area contributed by atoms with Crippen molar-refractivity contribution in [2.45, 2.75) is 30.4 Å². The van der Waals surface area contributed by atoms with Gasteiger partial charge in [-0.3, -0.25) is 14.7 Å². The standard InChI is InChI=1S/C11H15N5O2S/c12-9(18)15-14-7-3-1-2-4-11(7)8(17)16-6-5-13-10(16)19-11/h1-6H2,(H3,12,15,18)/b14-7+. The normalized spacial score (nSPS) is 31.8. The van der Waals surface area contributed by atoms with Crippen molar-refractivity contribution >= 4 is 34.6 Å². The van der Waals surface area contributed by atoms with Gasteiger partial charge in [-0.15, -0.1) is 0 Å². The molecule has 2 fully saturated rings. The molecule has 3 aliphatic rings. The molecule has 3 rings (SSSR count). The van der Waals surface area contributed by atoms with E-state index in [1.165, 1.54) is 11.8 Å². The van der Waals surface area contributed by atoms with Crippen molar-refractivity contribution in [2.24, 2.45) is 15.8 Å². The van der Waals surface area contributed by atoms with Gasteiger partial charge in [0.05, 0.1) is 12.3 Å². The molecule has 2 aliphatic heterocycles. The van der Waals surface area contributed by atoms with E-state index < -0.39 is 10.8 Å². The SMILES string of the molecule is NC(=O)N/N=C1\CCCCC12SC1=NCCN1C2=O. The number of primary amides is 1. The molecule has 0 bridgehead atoms. The van der Waals surface area contributed by atoms with E-state index in [-0.39, 0.29) is 5.91 Å². The lowest BCUT2D eigenvalue weighted by Gasteiger charge is -2.31. The van der Waals surface area contributed by atoms with Crippen LogP contribution in [0.3, 0.4) is 0 Å². The fraction of sp³-hybridized carbons (Fsp3) is 0.636. The number of thioether (sulfide) groups is 1. The zero-order valence-electron chi connectivity index (χ0n) is 10.4. The summed E-state index contributed by atoms with van der Waals surface area (Å²) in [4.78, 5) is 29.5. The average Bonchev–Trinajstić information content (AvgIpc) is 2.92. The summed E-state index contributed by atoms with van der Waals surface area (Å²) in [6.45, 7) is 1.33. The van der Waals surface area contributed by atoms with Gasteiger partial charge in [0.25, 0.3) is 5.91 Å². The van der Waals surface area contributed by atoms with Crippen LogP contribution in [0.2, 0.25) is 0 Å². The van der Waals surface area contributed by atoms with Gasteiger partial charge in [-0.2, -0.15) is 5.10 Å². The minimum atomic E-state index is -0.707. The number of hydrogen-bond donors (Lipinski definition) is 2. The first-order valence-corrected chi connectivity index (χ1v) is 7.13. The first-order valence-electron chi connectivity index (χ1n) is 6.31. The van der Waals surface area contributed by atoms with Gasteiger partial charge >= 0.3 is 6.03 Å². The Hall–Kier alpha value is -1.57. The molecule has 1 unspecified atom stereocenters. The third kappa shape index (κ3) is 1.90. The number of carbonyl (C=O) groups excluding carboxylic acids is 2. The van der Waals surface area contributed by atoms with Crippen molar-refractivity contribution in [3.05, 3.63) is 0 Å². The largest absolute Gasteiger partial charge is 0.350 e. The number of hydrazone groups is 1. The summed E-state index contributed by atoms with van der Waals surface area (Å²) in [5.74, 6) is 0.0541. The number of aliphatic imine (C=N–C) groups is 1. The van der Waals surface area contributed by atoms with Crippen LogP contribution in [-0.4, -0.2) is 45.6 Å². The van der Waals surface area contributed by atoms with Gasteiger partial charge in [-0.25, -0.2) is 10.2 Å². The number of hydrogen-bond acceptors (Lipinski definition) is 5. The van der Waals surface area contributed by atoms with Crippen LogP contribution in [0.15, 0.2) is 10.1 Å². The maximum absolute atomic E-state index is 12.6. The molecule has 0 aromatic carbocycles. The molecule has 1 aliphatic carbocycles. The van der Waals surface area contributed by atoms with Crippen molar-refractivity contribution < 1.29 is 9.59 Å². The monoisotopic (exact) mass is 281 g/mol. The van der Waals surface area contributed by atoms with Crippen LogP contribution < -0.4 is 11.2 Å². The van der Waals surface area contributed by atoms with Gasteiger partial charge in [0.2, 0.25) is 0 Å². The highest BCUT2D eigenvalue weighted by Gasteiger charge is 2.56. The fourth-order valence-corrected chi connectivity index (χ4v) is 4.20. The van der Waals surface area contributed by atoms with Gasteiger partial charge in [0.15, 0.2) is 5.17 Å². The van der Waals surface area contributed by atoms with Crippen molar-refractivity contribution in [1.82, 2.24) is 10.3 Å². The van der Waals surface area contributed by atoms with E-state index in [1.807, 2.05) is 0 Å². The Morgan fingerprint density at radius 2 is 2.37 bits per heavy atom. The third-order valence-corrected chi connectivity index (χ3v) is 5.11. The number of carbonyl (C=O) groups is 2. The van der Waals surface area contributed by atoms with Crippen LogP contribution in [0.25, 0.3) is 0 Å². The summed E-state index contributed by atoms with van der Waals surface area (Å²) in [5, 5.41) is 4.85. The number of fused-ring (bicyclic) bond motifs is 1. The molecule has 19 heavy (non-hydrogen) atoms. The summed E-state index contributed by atoms with van der Waals surface area (Å²) in [6.07, 6.45) is 3.40. The molecule has 2 heterocycles. The first kappa shape index (κ1) is 12.5. The number of amides is 3. The minimum Gasteiger partial charge on any atom is -0.350 e. The predicted octanol–water partition coefficient (Wildman–Crippen LogP) is 0.268. The van der Waals surface area contributed by atoms with Crippen LogP contribution >= 0.6 is 11.8 Å². The molecule has 102 valence electrons. The molecule has 0 aromatic rings. The predicted molar refractivity (Wildman–Crippen MR) is 73.0 cm³/mol. The molecule has 0 aromatic heterocycles. The summed E-state index contributed by atoms with van der Waals surface area (Å²) in [7, 11) is 0. The molecule has 0 radical (unpaired) electrons. The number of rotatable bonds is 1. The number of nitrogens with two attached hydrogens (primary N) is 1. The molecular formula is C11H15N5O2S. The van der Waals surface area contributed by atoms with Gasteiger partial charge in [-0.1, -0.05) is 18.2 Å². The van der Waals surface area contributed by atoms with Crippen LogP contribution in [0.1, 0.15) is 25.7 Å². The van der Waals surface area contributed by atoms with Gasteiger partial charge in [-0.05, 0) is 19.3 Å². The molecule has 1 saturated carbocycles. The second kappa shape index (κ2) is 4.52. The molecule has 3 N–H and O–H groups in total. The molecule has 1 atom stereocenters. The van der Waals surface area contributed by atoms with Crippen molar-refractivity contribution in [2.75, 3.05) is 13.1 Å². The summed E-state index contributed by atoms with van der Waals surface area (Å²) >= 11 is 1.48. The second-order valence-electron chi connectivity index (χ2n) is 4.79. The Morgan fingerprint density at radius 1 is 1.53 bits per heavy atom. The highest BCUT2D eigenvalue weighted by Crippen LogP contribution is 2.46. The lowest BCUT2D eigenvalue weighted by molar-refractivity contribution is -0.127. The smallest absolute Gasteiger partial charge is 0.332 e. The van der Waals surface area contributed by atoms with Crippen molar-refractivity contribution in [3.8, 4) is 0 Å². The van der Waals surface area contributed by atoms with Gasteiger partial charge in [0.1, 0.15) is 4.75 Å². The Labute approximate surface area is 114 Å². The maximum atomic E-state index is 12.6. The van der Waals surface area contributed by atoms with Crippen LogP contribution in [0, 0.1) is 0 Å². The lowest BCUT2D eigenvalue weighted by atomic mass is 9.85. The summed E-state index contributed by atoms with van der Waals surface area (Å²) in [5.41, 5.74) is 8.01. The van der Waals surface area contributed by atoms with E-state index in [0.717, 1.165) is 24.4 Å². The number of urea groups is 1. The van der Waals surface area contributed by atoms with Crippen LogP contribution in [-0.2, 0) is 4.79 Å². The zero-order valence-corrected chi connectivity index (χ0v) is 11.2. The highest BCUT2D eigenvalue weighted by atomic mass is 32.2. The summed E-state index contributed by atoms with van der Waals surface area (Å²) < 4.78 is -0.667. The first-order chi connectivity index (χ1) is 9.13. The molecule has 8 heteroatoms. The Bertz CT molecular complexity index is 503. The molecule has 1 saturated heterocycles. The third-order valence-electron chi connectivity index (χ3n) is 3.62. The fourth-order valence-electron chi connectivity index (χ4n) is 2.74. The van der Waals surface area contributed by atoms with Crippen LogP contribution in [0.5, 0.6) is 0 Å². The van der Waals surface area contributed by atoms with E-state index in [0.29, 0.717) is 25.2 Å². The molecule has 1 spiro atoms. The number of nitrogens with one attached hydrogen (secondary N) is 1. The minimum absolute atomic E-state index is 0.0541. The number of amidine groups is 1. The second-order valence-corrected chi connectivity index (χ2v) is 6.06. The zero-order chi connectivity index (χ0) is 13.5. The maximum Gasteiger partial charge on any atom is 0.332 e. The van der Waals surface area contributed by atoms with Gasteiger partial charge in [0, 0.05) is 6.54 Å². The molecule has 7 nitrogen and oxygen atoms in total. The Morgan fingerprint density at radius 3 is 3.11 bits per heavy atom. The van der Waals surface area contributed by atoms with Crippen LogP contribution in [0.4, 0.5) is 4.79 Å². The average molecular weight is 281 g/mol. The molecular weight excluding hydrogens is 266 g/mol. The molecule has 3 amide bonds. The Balaban J connectivity index is 1.93. The van der Waals surface area contributed by atoms with E-state index in [2.05, 4.69) is 15.5 Å². The quantitative estimate of drug-likeness (QED) is 0.674. The topological polar surface area (TPSA) is 100 Å². The van der Waals surface area contributed by atoms with Crippen molar-refractivity contribution in [1.29, 1.82) is 0 Å². The number of nitrogens with zero attached hydrogens (tertiary/aromatic N) is 3. The lowest BCUT2D eigenvalue weighted by Crippen LogP contribution is -2.48.